The van der Waals surface area contributed by atoms with Crippen LogP contribution in [0.4, 0.5) is 13.2 Å². The Morgan fingerprint density at radius 2 is 2.13 bits per heavy atom. The summed E-state index contributed by atoms with van der Waals surface area (Å²) in [5.41, 5.74) is -0.818. The monoisotopic (exact) mass is 219 g/mol. The van der Waals surface area contributed by atoms with Crippen molar-refractivity contribution < 1.29 is 17.9 Å². The smallest absolute Gasteiger partial charge is 0.421 e. The van der Waals surface area contributed by atoms with Crippen molar-refractivity contribution >= 4 is 0 Å². The van der Waals surface area contributed by atoms with E-state index in [-0.39, 0.29) is 12.5 Å². The molecule has 0 aliphatic heterocycles. The SMILES string of the molecule is CCCCOc1ncccc1C(F)(F)F. The Hall–Kier alpha value is -1.26. The molecule has 0 N–H and O–H groups in total. The summed E-state index contributed by atoms with van der Waals surface area (Å²) in [6, 6.07) is 2.21. The van der Waals surface area contributed by atoms with Crippen molar-refractivity contribution in [2.75, 3.05) is 6.61 Å². The molecule has 0 aromatic carbocycles. The lowest BCUT2D eigenvalue weighted by molar-refractivity contribution is -0.139. The summed E-state index contributed by atoms with van der Waals surface area (Å²) in [5, 5.41) is 0. The third-order valence-electron chi connectivity index (χ3n) is 1.81. The predicted octanol–water partition coefficient (Wildman–Crippen LogP) is 3.28. The van der Waals surface area contributed by atoms with Crippen molar-refractivity contribution in [3.05, 3.63) is 23.9 Å². The van der Waals surface area contributed by atoms with Crippen LogP contribution in [0, 0.1) is 0 Å². The highest BCUT2D eigenvalue weighted by atomic mass is 19.4. The number of pyridine rings is 1. The van der Waals surface area contributed by atoms with Crippen molar-refractivity contribution in [2.24, 2.45) is 0 Å². The number of aromatic nitrogens is 1. The topological polar surface area (TPSA) is 22.1 Å². The lowest BCUT2D eigenvalue weighted by atomic mass is 10.2. The van der Waals surface area contributed by atoms with E-state index in [0.717, 1.165) is 12.5 Å². The number of hydrogen-bond donors (Lipinski definition) is 0. The molecule has 0 aliphatic rings. The van der Waals surface area contributed by atoms with Gasteiger partial charge in [0.2, 0.25) is 5.88 Å². The van der Waals surface area contributed by atoms with Gasteiger partial charge in [0.15, 0.2) is 0 Å². The highest BCUT2D eigenvalue weighted by Gasteiger charge is 2.34. The second kappa shape index (κ2) is 5.00. The number of alkyl halides is 3. The molecule has 0 atom stereocenters. The van der Waals surface area contributed by atoms with E-state index < -0.39 is 11.7 Å². The van der Waals surface area contributed by atoms with Crippen LogP contribution in [0.5, 0.6) is 5.88 Å². The van der Waals surface area contributed by atoms with Crippen molar-refractivity contribution in [1.29, 1.82) is 0 Å². The Labute approximate surface area is 86.1 Å². The summed E-state index contributed by atoms with van der Waals surface area (Å²) in [5.74, 6) is -0.335. The van der Waals surface area contributed by atoms with Crippen LogP contribution in [0.1, 0.15) is 25.3 Å². The molecule has 1 heterocycles. The number of rotatable bonds is 4. The summed E-state index contributed by atoms with van der Waals surface area (Å²) in [6.45, 7) is 2.20. The Kier molecular flexibility index (Phi) is 3.94. The molecule has 0 amide bonds. The van der Waals surface area contributed by atoms with Gasteiger partial charge in [0.25, 0.3) is 0 Å². The van der Waals surface area contributed by atoms with Crippen LogP contribution in [0.2, 0.25) is 0 Å². The first-order chi connectivity index (χ1) is 7.05. The summed E-state index contributed by atoms with van der Waals surface area (Å²) < 4.78 is 42.3. The third kappa shape index (κ3) is 3.42. The molecule has 0 spiro atoms. The fourth-order valence-electron chi connectivity index (χ4n) is 1.03. The van der Waals surface area contributed by atoms with Crippen molar-refractivity contribution in [1.82, 2.24) is 4.98 Å². The van der Waals surface area contributed by atoms with Crippen LogP contribution in [-0.4, -0.2) is 11.6 Å². The molecular weight excluding hydrogens is 207 g/mol. The van der Waals surface area contributed by atoms with Gasteiger partial charge >= 0.3 is 6.18 Å². The molecule has 1 rings (SSSR count). The molecule has 0 saturated heterocycles. The van der Waals surface area contributed by atoms with E-state index in [4.69, 9.17) is 4.74 Å². The minimum Gasteiger partial charge on any atom is -0.477 e. The average Bonchev–Trinajstić information content (AvgIpc) is 2.17. The third-order valence-corrected chi connectivity index (χ3v) is 1.81. The minimum atomic E-state index is -4.41. The lowest BCUT2D eigenvalue weighted by Gasteiger charge is -2.11. The van der Waals surface area contributed by atoms with Gasteiger partial charge in [-0.15, -0.1) is 0 Å². The average molecular weight is 219 g/mol. The Morgan fingerprint density at radius 3 is 2.73 bits per heavy atom. The molecule has 2 nitrogen and oxygen atoms in total. The van der Waals surface area contributed by atoms with Crippen molar-refractivity contribution in [3.8, 4) is 5.88 Å². The number of hydrogen-bond acceptors (Lipinski definition) is 2. The van der Waals surface area contributed by atoms with Gasteiger partial charge in [0.1, 0.15) is 5.56 Å². The molecule has 1 aromatic heterocycles. The fraction of sp³-hybridized carbons (Fsp3) is 0.500. The molecule has 5 heteroatoms. The fourth-order valence-corrected chi connectivity index (χ4v) is 1.03. The van der Waals surface area contributed by atoms with Crippen LogP contribution in [0.3, 0.4) is 0 Å². The van der Waals surface area contributed by atoms with Gasteiger partial charge < -0.3 is 4.74 Å². The number of unbranched alkanes of at least 4 members (excludes halogenated alkanes) is 1. The summed E-state index contributed by atoms with van der Waals surface area (Å²) in [6.07, 6.45) is -1.53. The number of nitrogens with zero attached hydrogens (tertiary/aromatic N) is 1. The van der Waals surface area contributed by atoms with E-state index >= 15 is 0 Å². The normalized spacial score (nSPS) is 11.5. The summed E-state index contributed by atoms with van der Waals surface area (Å²) >= 11 is 0. The Bertz CT molecular complexity index is 312. The predicted molar refractivity (Wildman–Crippen MR) is 49.6 cm³/mol. The van der Waals surface area contributed by atoms with Gasteiger partial charge in [-0.2, -0.15) is 13.2 Å². The van der Waals surface area contributed by atoms with Crippen LogP contribution in [0.25, 0.3) is 0 Å². The van der Waals surface area contributed by atoms with Gasteiger partial charge in [-0.3, -0.25) is 0 Å². The molecule has 1 aromatic rings. The summed E-state index contributed by atoms with van der Waals surface area (Å²) in [7, 11) is 0. The lowest BCUT2D eigenvalue weighted by Crippen LogP contribution is -2.10. The molecule has 0 fully saturated rings. The first-order valence-electron chi connectivity index (χ1n) is 4.70. The van der Waals surface area contributed by atoms with Crippen LogP contribution in [0.15, 0.2) is 18.3 Å². The summed E-state index contributed by atoms with van der Waals surface area (Å²) in [4.78, 5) is 3.57. The zero-order chi connectivity index (χ0) is 11.3. The van der Waals surface area contributed by atoms with Crippen LogP contribution < -0.4 is 4.74 Å². The second-order valence-corrected chi connectivity index (χ2v) is 3.06. The molecule has 84 valence electrons. The first kappa shape index (κ1) is 11.8. The van der Waals surface area contributed by atoms with Gasteiger partial charge in [0, 0.05) is 6.20 Å². The largest absolute Gasteiger partial charge is 0.477 e. The Balaban J connectivity index is 2.78. The van der Waals surface area contributed by atoms with Crippen LogP contribution in [-0.2, 0) is 6.18 Å². The quantitative estimate of drug-likeness (QED) is 0.725. The minimum absolute atomic E-state index is 0.261. The van der Waals surface area contributed by atoms with Gasteiger partial charge in [0.05, 0.1) is 6.61 Å². The number of ether oxygens (including phenoxy) is 1. The van der Waals surface area contributed by atoms with Gasteiger partial charge in [-0.05, 0) is 18.6 Å². The molecular formula is C10H12F3NO. The highest BCUT2D eigenvalue weighted by molar-refractivity contribution is 5.28. The van der Waals surface area contributed by atoms with Crippen LogP contribution >= 0.6 is 0 Å². The second-order valence-electron chi connectivity index (χ2n) is 3.06. The van der Waals surface area contributed by atoms with E-state index in [1.54, 1.807) is 0 Å². The maximum absolute atomic E-state index is 12.4. The highest BCUT2D eigenvalue weighted by Crippen LogP contribution is 2.34. The van der Waals surface area contributed by atoms with E-state index in [2.05, 4.69) is 4.98 Å². The Morgan fingerprint density at radius 1 is 1.40 bits per heavy atom. The standard InChI is InChI=1S/C10H12F3NO/c1-2-3-7-15-9-8(10(11,12)13)5-4-6-14-9/h4-6H,2-3,7H2,1H3. The molecule has 0 aliphatic carbocycles. The van der Waals surface area contributed by atoms with E-state index in [1.165, 1.54) is 12.3 Å². The molecule has 0 unspecified atom stereocenters. The van der Waals surface area contributed by atoms with Crippen molar-refractivity contribution in [2.45, 2.75) is 25.9 Å². The van der Waals surface area contributed by atoms with Crippen molar-refractivity contribution in [3.63, 3.8) is 0 Å². The van der Waals surface area contributed by atoms with Gasteiger partial charge in [-0.1, -0.05) is 13.3 Å². The first-order valence-corrected chi connectivity index (χ1v) is 4.70. The zero-order valence-corrected chi connectivity index (χ0v) is 8.34. The zero-order valence-electron chi connectivity index (χ0n) is 8.34. The maximum Gasteiger partial charge on any atom is 0.421 e. The number of halogens is 3. The maximum atomic E-state index is 12.4. The molecule has 0 radical (unpaired) electrons. The molecule has 0 saturated carbocycles. The van der Waals surface area contributed by atoms with E-state index in [1.807, 2.05) is 6.92 Å². The molecule has 15 heavy (non-hydrogen) atoms. The van der Waals surface area contributed by atoms with E-state index in [0.29, 0.717) is 6.42 Å². The van der Waals surface area contributed by atoms with Gasteiger partial charge in [-0.25, -0.2) is 4.98 Å². The van der Waals surface area contributed by atoms with E-state index in [9.17, 15) is 13.2 Å². The molecule has 0 bridgehead atoms.